The van der Waals surface area contributed by atoms with Crippen LogP contribution in [0.1, 0.15) is 26.3 Å². The summed E-state index contributed by atoms with van der Waals surface area (Å²) < 4.78 is 5.56. The highest BCUT2D eigenvalue weighted by Crippen LogP contribution is 2.52. The first-order valence-electron chi connectivity index (χ1n) is 6.19. The molecular formula is C16H20N2O. The van der Waals surface area contributed by atoms with Gasteiger partial charge in [0.05, 0.1) is 0 Å². The van der Waals surface area contributed by atoms with E-state index in [0.717, 1.165) is 35.7 Å². The van der Waals surface area contributed by atoms with E-state index in [-0.39, 0.29) is 7.43 Å². The number of benzene rings is 2. The number of nitrogens with two attached hydrogens (primary N) is 2. The minimum Gasteiger partial charge on any atom is -0.452 e. The second kappa shape index (κ2) is 4.84. The van der Waals surface area contributed by atoms with Crippen molar-refractivity contribution in [3.8, 4) is 22.6 Å². The van der Waals surface area contributed by atoms with E-state index in [0.29, 0.717) is 0 Å². The number of nitrogen functional groups attached to an aromatic ring is 2. The zero-order valence-electron chi connectivity index (χ0n) is 10.4. The average molecular weight is 256 g/mol. The summed E-state index contributed by atoms with van der Waals surface area (Å²) in [6, 6.07) is 9.95. The molecule has 2 aliphatic rings. The van der Waals surface area contributed by atoms with Crippen LogP contribution in [-0.2, 0) is 6.42 Å². The lowest BCUT2D eigenvalue weighted by molar-refractivity contribution is 0.440. The smallest absolute Gasteiger partial charge is 0.158 e. The quantitative estimate of drug-likeness (QED) is 0.690. The van der Waals surface area contributed by atoms with Crippen LogP contribution in [0.15, 0.2) is 30.3 Å². The molecule has 0 spiro atoms. The van der Waals surface area contributed by atoms with Gasteiger partial charge in [-0.05, 0) is 35.7 Å². The summed E-state index contributed by atoms with van der Waals surface area (Å²) >= 11 is 0. The highest BCUT2D eigenvalue weighted by Gasteiger charge is 2.27. The van der Waals surface area contributed by atoms with Gasteiger partial charge in [0.15, 0.2) is 11.5 Å². The van der Waals surface area contributed by atoms with Crippen LogP contribution in [0.25, 0.3) is 11.1 Å². The molecule has 0 unspecified atom stereocenters. The summed E-state index contributed by atoms with van der Waals surface area (Å²) in [5, 5.41) is 0. The van der Waals surface area contributed by atoms with E-state index >= 15 is 0 Å². The number of anilines is 2. The van der Waals surface area contributed by atoms with Crippen molar-refractivity contribution in [1.82, 2.24) is 0 Å². The van der Waals surface area contributed by atoms with E-state index in [4.69, 9.17) is 16.2 Å². The molecule has 100 valence electrons. The van der Waals surface area contributed by atoms with E-state index < -0.39 is 0 Å². The maximum absolute atomic E-state index is 5.95. The summed E-state index contributed by atoms with van der Waals surface area (Å²) in [5.41, 5.74) is 16.8. The van der Waals surface area contributed by atoms with Gasteiger partial charge in [-0.15, -0.1) is 0 Å². The Hall–Kier alpha value is -2.16. The number of ether oxygens (including phenoxy) is 1. The number of rotatable bonds is 3. The molecule has 2 aromatic rings. The van der Waals surface area contributed by atoms with Crippen molar-refractivity contribution in [3.05, 3.63) is 35.9 Å². The topological polar surface area (TPSA) is 61.3 Å². The largest absolute Gasteiger partial charge is 0.452 e. The zero-order chi connectivity index (χ0) is 12.7. The van der Waals surface area contributed by atoms with Gasteiger partial charge < -0.3 is 16.2 Å². The highest BCUT2D eigenvalue weighted by atomic mass is 16.5. The fraction of sp³-hybridized carbons (Fsp3) is 0.250. The Balaban J connectivity index is 0.00000133. The van der Waals surface area contributed by atoms with Gasteiger partial charge in [0.25, 0.3) is 0 Å². The second-order valence-corrected chi connectivity index (χ2v) is 4.62. The first-order chi connectivity index (χ1) is 8.70. The molecule has 0 fully saturated rings. The molecule has 3 nitrogen and oxygen atoms in total. The van der Waals surface area contributed by atoms with Gasteiger partial charge in [0.1, 0.15) is 5.69 Å². The second-order valence-electron chi connectivity index (χ2n) is 4.62. The first kappa shape index (κ1) is 13.3. The van der Waals surface area contributed by atoms with Crippen molar-refractivity contribution in [3.63, 3.8) is 0 Å². The molecule has 0 saturated heterocycles. The average Bonchev–Trinajstić information content (AvgIpc) is 2.39. The minimum absolute atomic E-state index is 0. The van der Waals surface area contributed by atoms with Crippen LogP contribution in [0.3, 0.4) is 0 Å². The molecular weight excluding hydrogens is 236 g/mol. The molecule has 0 aliphatic carbocycles. The number of hydrogen-bond donors (Lipinski definition) is 2. The summed E-state index contributed by atoms with van der Waals surface area (Å²) in [7, 11) is 0. The van der Waals surface area contributed by atoms with Crippen LogP contribution >= 0.6 is 0 Å². The first-order valence-corrected chi connectivity index (χ1v) is 6.19. The van der Waals surface area contributed by atoms with Crippen molar-refractivity contribution < 1.29 is 4.74 Å². The van der Waals surface area contributed by atoms with Crippen molar-refractivity contribution in [2.75, 3.05) is 11.5 Å². The number of fused-ring (bicyclic) bond motifs is 2. The van der Waals surface area contributed by atoms with Crippen LogP contribution in [0.5, 0.6) is 11.5 Å². The summed E-state index contributed by atoms with van der Waals surface area (Å²) in [6.45, 7) is 2.16. The molecule has 4 N–H and O–H groups in total. The summed E-state index contributed by atoms with van der Waals surface area (Å²) in [4.78, 5) is 0. The van der Waals surface area contributed by atoms with Crippen molar-refractivity contribution in [1.29, 1.82) is 0 Å². The highest BCUT2D eigenvalue weighted by molar-refractivity contribution is 5.85. The van der Waals surface area contributed by atoms with Crippen molar-refractivity contribution in [2.45, 2.75) is 27.2 Å². The third kappa shape index (κ3) is 2.01. The van der Waals surface area contributed by atoms with Crippen LogP contribution in [0.2, 0.25) is 0 Å². The monoisotopic (exact) mass is 256 g/mol. The summed E-state index contributed by atoms with van der Waals surface area (Å²) in [6.07, 6.45) is 2.04. The van der Waals surface area contributed by atoms with E-state index in [1.54, 1.807) is 0 Å². The molecule has 0 atom stereocenters. The van der Waals surface area contributed by atoms with Crippen LogP contribution in [-0.4, -0.2) is 0 Å². The van der Waals surface area contributed by atoms with Gasteiger partial charge in [-0.2, -0.15) is 0 Å². The van der Waals surface area contributed by atoms with Crippen LogP contribution < -0.4 is 16.2 Å². The Kier molecular flexibility index (Phi) is 3.38. The van der Waals surface area contributed by atoms with Gasteiger partial charge >= 0.3 is 0 Å². The van der Waals surface area contributed by atoms with E-state index in [1.165, 1.54) is 16.7 Å². The molecule has 0 radical (unpaired) electrons. The van der Waals surface area contributed by atoms with E-state index in [2.05, 4.69) is 6.92 Å². The Labute approximate surface area is 114 Å². The van der Waals surface area contributed by atoms with Gasteiger partial charge in [0, 0.05) is 11.3 Å². The third-order valence-electron chi connectivity index (χ3n) is 3.32. The zero-order valence-corrected chi connectivity index (χ0v) is 10.4. The van der Waals surface area contributed by atoms with E-state index in [9.17, 15) is 0 Å². The molecule has 2 heterocycles. The lowest BCUT2D eigenvalue weighted by atomic mass is 9.92. The molecule has 0 aromatic heterocycles. The van der Waals surface area contributed by atoms with Gasteiger partial charge in [-0.1, -0.05) is 32.9 Å². The Bertz CT molecular complexity index is 603. The third-order valence-corrected chi connectivity index (χ3v) is 3.32. The fourth-order valence-electron chi connectivity index (χ4n) is 2.38. The fourth-order valence-corrected chi connectivity index (χ4v) is 2.38. The van der Waals surface area contributed by atoms with Crippen molar-refractivity contribution >= 4 is 11.4 Å². The lowest BCUT2D eigenvalue weighted by Gasteiger charge is -2.27. The lowest BCUT2D eigenvalue weighted by Crippen LogP contribution is -2.09. The maximum atomic E-state index is 5.95. The van der Waals surface area contributed by atoms with Crippen LogP contribution in [0, 0.1) is 0 Å². The Morgan fingerprint density at radius 1 is 1.11 bits per heavy atom. The molecule has 3 heteroatoms. The van der Waals surface area contributed by atoms with E-state index in [1.807, 2.05) is 30.3 Å². The predicted molar refractivity (Wildman–Crippen MR) is 81.5 cm³/mol. The van der Waals surface area contributed by atoms with Gasteiger partial charge in [0.2, 0.25) is 0 Å². The van der Waals surface area contributed by atoms with Gasteiger partial charge in [-0.3, -0.25) is 0 Å². The Morgan fingerprint density at radius 3 is 2.37 bits per heavy atom. The Morgan fingerprint density at radius 2 is 1.79 bits per heavy atom. The SMILES string of the molecule is C.CCCc1c(-c2ccc(N)cc2)cc2c(N)c1O2. The van der Waals surface area contributed by atoms with Gasteiger partial charge in [-0.25, -0.2) is 0 Å². The molecule has 2 aromatic carbocycles. The summed E-state index contributed by atoms with van der Waals surface area (Å²) in [5.74, 6) is 1.65. The molecule has 2 aliphatic heterocycles. The predicted octanol–water partition coefficient (Wildman–Crippen LogP) is 4.21. The maximum Gasteiger partial charge on any atom is 0.158 e. The normalized spacial score (nSPS) is 11.2. The molecule has 0 amide bonds. The molecule has 2 bridgehead atoms. The molecule has 4 rings (SSSR count). The van der Waals surface area contributed by atoms with Crippen molar-refractivity contribution in [2.24, 2.45) is 0 Å². The van der Waals surface area contributed by atoms with Crippen LogP contribution in [0.4, 0.5) is 11.4 Å². The minimum atomic E-state index is 0. The molecule has 19 heavy (non-hydrogen) atoms. The standard InChI is InChI=1S/C15H16N2O.CH4/c1-2-3-11-12(8-13-14(17)15(11)18-13)9-4-6-10(16)7-5-9;/h4-8H,2-3,16-17H2,1H3;1H4. The molecule has 0 saturated carbocycles. The number of hydrogen-bond acceptors (Lipinski definition) is 3.